The van der Waals surface area contributed by atoms with Crippen molar-refractivity contribution in [2.24, 2.45) is 5.73 Å². The summed E-state index contributed by atoms with van der Waals surface area (Å²) >= 11 is -3.20. The van der Waals surface area contributed by atoms with Crippen molar-refractivity contribution < 1.29 is 3.07 Å². The molecule has 0 aliphatic rings. The average Bonchev–Trinajstić information content (AvgIpc) is 2.28. The molecule has 1 aromatic rings. The average molecular weight is 362 g/mol. The van der Waals surface area contributed by atoms with E-state index in [2.05, 4.69) is 19.1 Å². The van der Waals surface area contributed by atoms with Crippen LogP contribution in [0.5, 0.6) is 0 Å². The summed E-state index contributed by atoms with van der Waals surface area (Å²) in [5.74, 6) is 0. The van der Waals surface area contributed by atoms with Crippen LogP contribution < -0.4 is 9.31 Å². The summed E-state index contributed by atoms with van der Waals surface area (Å²) in [6.07, 6.45) is 0.171. The predicted octanol–water partition coefficient (Wildman–Crippen LogP) is 3.04. The zero-order valence-corrected chi connectivity index (χ0v) is 14.6. The number of benzene rings is 1. The van der Waals surface area contributed by atoms with Crippen molar-refractivity contribution in [1.82, 2.24) is 0 Å². The van der Waals surface area contributed by atoms with Crippen LogP contribution >= 0.6 is 8.92 Å². The van der Waals surface area contributed by atoms with E-state index in [4.69, 9.17) is 17.7 Å². The monoisotopic (exact) mass is 363 g/mol. The maximum absolute atomic E-state index is 6.83. The fourth-order valence-corrected chi connectivity index (χ4v) is 11.5. The molecule has 0 heterocycles. The number of hydrogen-bond donors (Lipinski definition) is 1. The topological polar surface area (TPSA) is 35.2 Å². The van der Waals surface area contributed by atoms with Crippen molar-refractivity contribution in [2.75, 3.05) is 0 Å². The Hall–Kier alpha value is 0.229. The van der Waals surface area contributed by atoms with E-state index in [1.54, 1.807) is 0 Å². The van der Waals surface area contributed by atoms with Gasteiger partial charge in [-0.3, -0.25) is 0 Å². The fraction of sp³-hybridized carbons (Fsp3) is 0.538. The molecule has 17 heavy (non-hydrogen) atoms. The maximum atomic E-state index is 6.83. The molecule has 0 fully saturated rings. The minimum atomic E-state index is -3.20. The third-order valence-corrected chi connectivity index (χ3v) is 15.1. The van der Waals surface area contributed by atoms with Gasteiger partial charge in [-0.25, -0.2) is 0 Å². The van der Waals surface area contributed by atoms with Crippen molar-refractivity contribution in [1.29, 1.82) is 0 Å². The number of rotatable bonds is 5. The SMILES string of the molecule is C[CH2][Sn]([Cl])([O]C(C)C)[c]1ccccc1C(C)N. The minimum absolute atomic E-state index is 0.00309. The second kappa shape index (κ2) is 6.41. The van der Waals surface area contributed by atoms with Crippen LogP contribution in [0, 0.1) is 0 Å². The molecular formula is C13H22ClNOSn. The molecule has 0 saturated carbocycles. The summed E-state index contributed by atoms with van der Waals surface area (Å²) in [5.41, 5.74) is 7.16. The zero-order chi connectivity index (χ0) is 13.1. The van der Waals surface area contributed by atoms with Crippen molar-refractivity contribution in [3.05, 3.63) is 29.8 Å². The molecule has 4 heteroatoms. The normalized spacial score (nSPS) is 16.9. The Morgan fingerprint density at radius 1 is 1.29 bits per heavy atom. The van der Waals surface area contributed by atoms with Crippen LogP contribution in [-0.4, -0.2) is 23.8 Å². The van der Waals surface area contributed by atoms with Crippen molar-refractivity contribution in [2.45, 2.75) is 44.3 Å². The van der Waals surface area contributed by atoms with Gasteiger partial charge in [0, 0.05) is 0 Å². The summed E-state index contributed by atoms with van der Waals surface area (Å²) in [6, 6.07) is 8.19. The van der Waals surface area contributed by atoms with Crippen molar-refractivity contribution >= 4 is 30.2 Å². The van der Waals surface area contributed by atoms with E-state index < -0.39 is 17.7 Å². The van der Waals surface area contributed by atoms with Crippen LogP contribution in [0.3, 0.4) is 0 Å². The Balaban J connectivity index is 3.19. The second-order valence-corrected chi connectivity index (χ2v) is 17.1. The molecule has 0 amide bonds. The molecule has 0 spiro atoms. The van der Waals surface area contributed by atoms with Crippen molar-refractivity contribution in [3.63, 3.8) is 0 Å². The van der Waals surface area contributed by atoms with Crippen molar-refractivity contribution in [3.8, 4) is 0 Å². The standard InChI is InChI=1S/C8H10N.C3H7O.C2H5.ClH.Sn/c1-7(9)8-5-3-2-4-6-8;1-3(2)4;1-2;;/h2-5,7H,9H2,1H3;3H,1-2H3;1H2,2H3;1H;/q;-1;;;+2/p-1. The molecule has 0 aliphatic heterocycles. The first kappa shape index (κ1) is 15.3. The Kier molecular flexibility index (Phi) is 5.77. The molecule has 0 bridgehead atoms. The second-order valence-electron chi connectivity index (χ2n) is 4.62. The van der Waals surface area contributed by atoms with Gasteiger partial charge in [0.15, 0.2) is 0 Å². The molecule has 1 aromatic carbocycles. The third kappa shape index (κ3) is 3.85. The summed E-state index contributed by atoms with van der Waals surface area (Å²) in [6.45, 7) is 8.19. The van der Waals surface area contributed by atoms with Crippen LogP contribution in [-0.2, 0) is 3.07 Å². The Bertz CT molecular complexity index is 370. The summed E-state index contributed by atoms with van der Waals surface area (Å²) in [4.78, 5) is 0. The Morgan fingerprint density at radius 3 is 2.35 bits per heavy atom. The van der Waals surface area contributed by atoms with Gasteiger partial charge in [-0.05, 0) is 0 Å². The van der Waals surface area contributed by atoms with E-state index in [1.807, 2.05) is 32.9 Å². The van der Waals surface area contributed by atoms with Gasteiger partial charge in [0.2, 0.25) is 0 Å². The first-order chi connectivity index (χ1) is 7.90. The molecule has 0 aromatic heterocycles. The van der Waals surface area contributed by atoms with E-state index in [-0.39, 0.29) is 12.1 Å². The van der Waals surface area contributed by atoms with Crippen LogP contribution in [0.4, 0.5) is 0 Å². The van der Waals surface area contributed by atoms with Gasteiger partial charge in [0.25, 0.3) is 0 Å². The summed E-state index contributed by atoms with van der Waals surface area (Å²) < 4.78 is 8.19. The molecule has 1 rings (SSSR count). The van der Waals surface area contributed by atoms with Gasteiger partial charge in [-0.2, -0.15) is 0 Å². The van der Waals surface area contributed by atoms with E-state index in [9.17, 15) is 0 Å². The quantitative estimate of drug-likeness (QED) is 0.817. The van der Waals surface area contributed by atoms with Crippen LogP contribution in [0.25, 0.3) is 0 Å². The molecule has 96 valence electrons. The van der Waals surface area contributed by atoms with Crippen LogP contribution in [0.1, 0.15) is 39.3 Å². The van der Waals surface area contributed by atoms with Gasteiger partial charge in [-0.15, -0.1) is 0 Å². The number of halogens is 1. The van der Waals surface area contributed by atoms with E-state index >= 15 is 0 Å². The molecule has 0 radical (unpaired) electrons. The Labute approximate surface area is 113 Å². The number of nitrogens with two attached hydrogens (primary N) is 1. The molecule has 2 nitrogen and oxygen atoms in total. The van der Waals surface area contributed by atoms with E-state index in [1.165, 1.54) is 3.58 Å². The molecule has 0 aliphatic carbocycles. The predicted molar refractivity (Wildman–Crippen MR) is 77.0 cm³/mol. The van der Waals surface area contributed by atoms with Gasteiger partial charge < -0.3 is 0 Å². The number of hydrogen-bond acceptors (Lipinski definition) is 2. The zero-order valence-electron chi connectivity index (χ0n) is 11.0. The molecule has 2 atom stereocenters. The van der Waals surface area contributed by atoms with Gasteiger partial charge >= 0.3 is 113 Å². The first-order valence-corrected chi connectivity index (χ1v) is 14.3. The Morgan fingerprint density at radius 2 is 1.88 bits per heavy atom. The fourth-order valence-electron chi connectivity index (χ4n) is 1.94. The van der Waals surface area contributed by atoms with Crippen LogP contribution in [0.15, 0.2) is 24.3 Å². The first-order valence-electron chi connectivity index (χ1n) is 6.12. The summed E-state index contributed by atoms with van der Waals surface area (Å²) in [7, 11) is 6.83. The van der Waals surface area contributed by atoms with E-state index in [0.29, 0.717) is 0 Å². The van der Waals surface area contributed by atoms with Gasteiger partial charge in [-0.1, -0.05) is 0 Å². The molecule has 2 unspecified atom stereocenters. The summed E-state index contributed by atoms with van der Waals surface area (Å²) in [5, 5.41) is 0. The molecule has 0 saturated heterocycles. The van der Waals surface area contributed by atoms with Gasteiger partial charge in [0.05, 0.1) is 0 Å². The third-order valence-electron chi connectivity index (χ3n) is 2.73. The van der Waals surface area contributed by atoms with Crippen LogP contribution in [0.2, 0.25) is 4.44 Å². The molecule has 2 N–H and O–H groups in total. The molecular weight excluding hydrogens is 340 g/mol. The van der Waals surface area contributed by atoms with Gasteiger partial charge in [0.1, 0.15) is 0 Å². The van der Waals surface area contributed by atoms with E-state index in [0.717, 1.165) is 10.0 Å².